The Morgan fingerprint density at radius 3 is 2.04 bits per heavy atom. The minimum atomic E-state index is -3.29. The molecule has 0 aliphatic carbocycles. The lowest BCUT2D eigenvalue weighted by atomic mass is 9.82. The van der Waals surface area contributed by atoms with E-state index < -0.39 is 54.2 Å². The van der Waals surface area contributed by atoms with E-state index in [4.69, 9.17) is 9.47 Å². The van der Waals surface area contributed by atoms with Gasteiger partial charge in [0.1, 0.15) is 17.4 Å². The molecule has 48 heavy (non-hydrogen) atoms. The lowest BCUT2D eigenvalue weighted by Crippen LogP contribution is -2.59. The molecule has 8 nitrogen and oxygen atoms in total. The molecule has 0 unspecified atom stereocenters. The molecule has 1 amide bonds. The maximum Gasteiger partial charge on any atom is 0.328 e. The van der Waals surface area contributed by atoms with Gasteiger partial charge in [0, 0.05) is 25.7 Å². The van der Waals surface area contributed by atoms with Gasteiger partial charge in [-0.2, -0.15) is 0 Å². The number of halogens is 4. The zero-order valence-corrected chi connectivity index (χ0v) is 28.6. The second-order valence-corrected chi connectivity index (χ2v) is 12.3. The Morgan fingerprint density at radius 1 is 0.917 bits per heavy atom. The summed E-state index contributed by atoms with van der Waals surface area (Å²) >= 11 is 0. The molecule has 1 aromatic rings. The van der Waals surface area contributed by atoms with Crippen molar-refractivity contribution in [3.8, 4) is 5.75 Å². The number of carbonyl (C=O) groups is 3. The number of hydrogen-bond donors (Lipinski definition) is 2. The predicted molar refractivity (Wildman–Crippen MR) is 174 cm³/mol. The predicted octanol–water partition coefficient (Wildman–Crippen LogP) is 6.71. The number of carboxylic acids is 1. The van der Waals surface area contributed by atoms with Gasteiger partial charge in [-0.25, -0.2) is 22.4 Å². The van der Waals surface area contributed by atoms with Crippen LogP contribution in [0.2, 0.25) is 0 Å². The summed E-state index contributed by atoms with van der Waals surface area (Å²) in [6.07, 6.45) is 5.47. The Hall–Kier alpha value is -3.15. The molecule has 0 aliphatic rings. The SMILES string of the molecule is CCCCCCCC(F)(F)CCCCCC/C=C/[C@H](C(=O)N[C@@H](Cc1ccc(OCCCC)cc1)C(=O)OC)[C@@](O)(CC(F)F)C(=O)[O-]. The normalized spacial score (nSPS) is 14.4. The van der Waals surface area contributed by atoms with Crippen molar-refractivity contribution in [2.75, 3.05) is 13.7 Å². The molecule has 0 spiro atoms. The highest BCUT2D eigenvalue weighted by molar-refractivity contribution is 5.92. The summed E-state index contributed by atoms with van der Waals surface area (Å²) in [5.41, 5.74) is -2.69. The lowest BCUT2D eigenvalue weighted by Gasteiger charge is -2.35. The molecule has 0 saturated carbocycles. The van der Waals surface area contributed by atoms with Gasteiger partial charge in [-0.15, -0.1) is 0 Å². The number of benzene rings is 1. The number of nitrogens with one attached hydrogen (secondary N) is 1. The molecule has 1 rings (SSSR count). The van der Waals surface area contributed by atoms with Crippen LogP contribution in [0.3, 0.4) is 0 Å². The number of carboxylic acid groups (broad SMARTS) is 1. The van der Waals surface area contributed by atoms with Gasteiger partial charge in [0.15, 0.2) is 0 Å². The van der Waals surface area contributed by atoms with Crippen molar-refractivity contribution in [1.82, 2.24) is 5.32 Å². The van der Waals surface area contributed by atoms with Gasteiger partial charge in [0.25, 0.3) is 0 Å². The van der Waals surface area contributed by atoms with E-state index in [9.17, 15) is 42.2 Å². The zero-order valence-electron chi connectivity index (χ0n) is 28.6. The molecule has 0 heterocycles. The summed E-state index contributed by atoms with van der Waals surface area (Å²) in [6, 6.07) is 5.38. The number of rotatable bonds is 27. The second-order valence-electron chi connectivity index (χ2n) is 12.3. The molecule has 274 valence electrons. The summed E-state index contributed by atoms with van der Waals surface area (Å²) < 4.78 is 65.5. The first kappa shape index (κ1) is 42.9. The van der Waals surface area contributed by atoms with E-state index in [-0.39, 0.29) is 25.7 Å². The van der Waals surface area contributed by atoms with E-state index >= 15 is 0 Å². The fourth-order valence-corrected chi connectivity index (χ4v) is 5.27. The number of allylic oxidation sites excluding steroid dienone is 1. The van der Waals surface area contributed by atoms with E-state index in [1.807, 2.05) is 6.92 Å². The van der Waals surface area contributed by atoms with Crippen molar-refractivity contribution in [3.63, 3.8) is 0 Å². The summed E-state index contributed by atoms with van der Waals surface area (Å²) in [4.78, 5) is 37.9. The van der Waals surface area contributed by atoms with E-state index in [1.165, 1.54) is 6.08 Å². The highest BCUT2D eigenvalue weighted by atomic mass is 19.3. The van der Waals surface area contributed by atoms with Crippen LogP contribution in [0.1, 0.15) is 116 Å². The molecular weight excluding hydrogens is 634 g/mol. The zero-order chi connectivity index (χ0) is 36.0. The second kappa shape index (κ2) is 23.2. The van der Waals surface area contributed by atoms with Crippen molar-refractivity contribution in [3.05, 3.63) is 42.0 Å². The maximum absolute atomic E-state index is 14.1. The Bertz CT molecular complexity index is 1100. The number of alkyl halides is 4. The molecular formula is C36H54F4NO7-. The van der Waals surface area contributed by atoms with Gasteiger partial charge in [-0.05, 0) is 49.8 Å². The third-order valence-corrected chi connectivity index (χ3v) is 8.19. The Labute approximate surface area is 282 Å². The Morgan fingerprint density at radius 2 is 1.50 bits per heavy atom. The first-order chi connectivity index (χ1) is 22.8. The number of unbranched alkanes of at least 4 members (excludes halogenated alkanes) is 9. The maximum atomic E-state index is 14.1. The number of carbonyl (C=O) groups excluding carboxylic acids is 3. The number of ether oxygens (including phenoxy) is 2. The first-order valence-corrected chi connectivity index (χ1v) is 17.2. The van der Waals surface area contributed by atoms with Crippen molar-refractivity contribution in [1.29, 1.82) is 0 Å². The fourth-order valence-electron chi connectivity index (χ4n) is 5.27. The quantitative estimate of drug-likeness (QED) is 0.0456. The smallest absolute Gasteiger partial charge is 0.328 e. The molecule has 0 aliphatic heterocycles. The van der Waals surface area contributed by atoms with Crippen LogP contribution in [0, 0.1) is 5.92 Å². The number of methoxy groups -OCH3 is 1. The third-order valence-electron chi connectivity index (χ3n) is 8.19. The number of esters is 1. The summed E-state index contributed by atoms with van der Waals surface area (Å²) in [7, 11) is 1.09. The van der Waals surface area contributed by atoms with Gasteiger partial charge in [0.2, 0.25) is 18.3 Å². The van der Waals surface area contributed by atoms with E-state index in [2.05, 4.69) is 12.2 Å². The third kappa shape index (κ3) is 16.8. The number of amides is 1. The monoisotopic (exact) mass is 688 g/mol. The molecule has 3 atom stereocenters. The molecule has 0 bridgehead atoms. The van der Waals surface area contributed by atoms with E-state index in [0.717, 1.165) is 51.7 Å². The van der Waals surface area contributed by atoms with Gasteiger partial charge in [0.05, 0.1) is 25.6 Å². The minimum absolute atomic E-state index is 0.0828. The average Bonchev–Trinajstić information content (AvgIpc) is 3.03. The molecule has 0 saturated heterocycles. The number of hydrogen-bond acceptors (Lipinski definition) is 7. The van der Waals surface area contributed by atoms with Crippen LogP contribution in [0.4, 0.5) is 17.6 Å². The van der Waals surface area contributed by atoms with Crippen LogP contribution in [0.5, 0.6) is 5.75 Å². The molecule has 1 aromatic carbocycles. The largest absolute Gasteiger partial charge is 0.547 e. The van der Waals surface area contributed by atoms with Crippen molar-refractivity contribution >= 4 is 17.8 Å². The molecule has 2 N–H and O–H groups in total. The summed E-state index contributed by atoms with van der Waals surface area (Å²) in [6.45, 7) is 4.63. The van der Waals surface area contributed by atoms with Gasteiger partial charge in [-0.1, -0.05) is 83.1 Å². The first-order valence-electron chi connectivity index (χ1n) is 17.2. The van der Waals surface area contributed by atoms with Gasteiger partial charge >= 0.3 is 5.97 Å². The van der Waals surface area contributed by atoms with Gasteiger partial charge < -0.3 is 29.8 Å². The van der Waals surface area contributed by atoms with Crippen LogP contribution in [-0.2, 0) is 25.5 Å². The average molecular weight is 689 g/mol. The molecule has 0 aromatic heterocycles. The van der Waals surface area contributed by atoms with Crippen LogP contribution in [0.15, 0.2) is 36.4 Å². The van der Waals surface area contributed by atoms with Crippen molar-refractivity contribution < 1.29 is 51.6 Å². The van der Waals surface area contributed by atoms with Gasteiger partial charge in [-0.3, -0.25) is 4.79 Å². The van der Waals surface area contributed by atoms with Crippen LogP contribution < -0.4 is 15.2 Å². The van der Waals surface area contributed by atoms with Crippen molar-refractivity contribution in [2.45, 2.75) is 141 Å². The summed E-state index contributed by atoms with van der Waals surface area (Å²) in [5.74, 6) is -8.47. The van der Waals surface area contributed by atoms with Crippen molar-refractivity contribution in [2.24, 2.45) is 5.92 Å². The highest BCUT2D eigenvalue weighted by Gasteiger charge is 2.44. The highest BCUT2D eigenvalue weighted by Crippen LogP contribution is 2.30. The number of aliphatic hydroxyl groups is 1. The van der Waals surface area contributed by atoms with E-state index in [0.29, 0.717) is 50.0 Å². The fraction of sp³-hybridized carbons (Fsp3) is 0.694. The Kier molecular flexibility index (Phi) is 20.8. The number of aliphatic carboxylic acids is 1. The minimum Gasteiger partial charge on any atom is -0.547 e. The standard InChI is InChI=1S/C36H55F4NO7/c1-4-6-8-12-15-22-35(39,40)23-16-13-10-9-11-14-17-29(36(46,34(44)45)26-31(37)38)32(42)41-30(33(43)47-3)25-27-18-20-28(21-19-27)48-24-7-5-2/h14,17-21,29-31,46H,4-13,15-16,22-26H2,1-3H3,(H,41,42)(H,44,45)/p-1/b17-14+/t29-,30+,36+/m1/s1. The topological polar surface area (TPSA) is 125 Å². The van der Waals surface area contributed by atoms with Crippen LogP contribution in [0.25, 0.3) is 0 Å². The summed E-state index contributed by atoms with van der Waals surface area (Å²) in [5, 5.41) is 25.1. The molecule has 0 fully saturated rings. The van der Waals surface area contributed by atoms with E-state index in [1.54, 1.807) is 24.3 Å². The van der Waals surface area contributed by atoms with Crippen LogP contribution in [-0.4, -0.2) is 60.7 Å². The molecule has 0 radical (unpaired) electrons. The van der Waals surface area contributed by atoms with Crippen LogP contribution >= 0.6 is 0 Å². The lowest BCUT2D eigenvalue weighted by molar-refractivity contribution is -0.328. The molecule has 12 heteroatoms. The Balaban J connectivity index is 2.89.